The van der Waals surface area contributed by atoms with E-state index < -0.39 is 0 Å². The average Bonchev–Trinajstić information content (AvgIpc) is 2.41. The molecule has 0 bridgehead atoms. The maximum absolute atomic E-state index is 4.01. The van der Waals surface area contributed by atoms with Crippen molar-refractivity contribution in [2.75, 3.05) is 0 Å². The fraction of sp³-hybridized carbons (Fsp3) is 0.125. The molecule has 0 fully saturated rings. The van der Waals surface area contributed by atoms with Crippen LogP contribution in [0.15, 0.2) is 30.6 Å². The predicted octanol–water partition coefficient (Wildman–Crippen LogP) is 2.00. The van der Waals surface area contributed by atoms with E-state index in [1.165, 1.54) is 0 Å². The molecular formula is C8H10N2. The van der Waals surface area contributed by atoms with E-state index in [0.29, 0.717) is 0 Å². The van der Waals surface area contributed by atoms with Crippen molar-refractivity contribution in [1.29, 1.82) is 0 Å². The summed E-state index contributed by atoms with van der Waals surface area (Å²) < 4.78 is 0. The molecule has 0 atom stereocenters. The van der Waals surface area contributed by atoms with Crippen LogP contribution < -0.4 is 0 Å². The lowest BCUT2D eigenvalue weighted by Gasteiger charge is -1.78. The molecule has 2 nitrogen and oxygen atoms in total. The van der Waals surface area contributed by atoms with Crippen molar-refractivity contribution in [1.82, 2.24) is 9.97 Å². The quantitative estimate of drug-likeness (QED) is 0.616. The van der Waals surface area contributed by atoms with Gasteiger partial charge in [-0.2, -0.15) is 0 Å². The maximum Gasteiger partial charge on any atom is 0.129 e. The van der Waals surface area contributed by atoms with Crippen molar-refractivity contribution in [3.8, 4) is 0 Å². The van der Waals surface area contributed by atoms with Crippen LogP contribution in [-0.4, -0.2) is 9.97 Å². The molecule has 0 amide bonds. The number of rotatable bonds is 2. The molecule has 0 radical (unpaired) electrons. The molecule has 0 aliphatic carbocycles. The van der Waals surface area contributed by atoms with Crippen molar-refractivity contribution in [3.63, 3.8) is 0 Å². The van der Waals surface area contributed by atoms with E-state index in [1.54, 1.807) is 12.4 Å². The first-order valence-corrected chi connectivity index (χ1v) is 3.22. The van der Waals surface area contributed by atoms with Gasteiger partial charge in [0.15, 0.2) is 0 Å². The normalized spacial score (nSPS) is 11.7. The minimum absolute atomic E-state index is 0.887. The summed E-state index contributed by atoms with van der Waals surface area (Å²) in [6.45, 7) is 1.98. The fourth-order valence-electron chi connectivity index (χ4n) is 0.626. The Hall–Kier alpha value is -1.31. The molecule has 10 heavy (non-hydrogen) atoms. The minimum atomic E-state index is 0.887. The Morgan fingerprint density at radius 1 is 1.50 bits per heavy atom. The van der Waals surface area contributed by atoms with E-state index >= 15 is 0 Å². The molecule has 1 aromatic heterocycles. The monoisotopic (exact) mass is 134 g/mol. The second kappa shape index (κ2) is 3.67. The third kappa shape index (κ3) is 1.90. The zero-order valence-corrected chi connectivity index (χ0v) is 5.91. The highest BCUT2D eigenvalue weighted by molar-refractivity contribution is 5.42. The van der Waals surface area contributed by atoms with Crippen LogP contribution in [0, 0.1) is 0 Å². The van der Waals surface area contributed by atoms with Crippen LogP contribution in [0.25, 0.3) is 6.08 Å². The molecule has 2 heteroatoms. The average molecular weight is 134 g/mol. The zero-order chi connectivity index (χ0) is 7.23. The summed E-state index contributed by atoms with van der Waals surface area (Å²) in [4.78, 5) is 6.98. The Labute approximate surface area is 60.3 Å². The number of hydrogen-bond acceptors (Lipinski definition) is 1. The van der Waals surface area contributed by atoms with E-state index in [-0.39, 0.29) is 0 Å². The standard InChI is InChI=1S/C8H10N2/c1-2-3-4-5-8-9-6-7-10-8/h2-7H,1H3,(H,9,10)/b3-2-,5-4-. The number of nitrogens with zero attached hydrogens (tertiary/aromatic N) is 1. The molecule has 1 heterocycles. The summed E-state index contributed by atoms with van der Waals surface area (Å²) in [6.07, 6.45) is 11.3. The van der Waals surface area contributed by atoms with Crippen LogP contribution >= 0.6 is 0 Å². The highest BCUT2D eigenvalue weighted by atomic mass is 14.9. The van der Waals surface area contributed by atoms with Gasteiger partial charge >= 0.3 is 0 Å². The largest absolute Gasteiger partial charge is 0.345 e. The Kier molecular flexibility index (Phi) is 2.49. The predicted molar refractivity (Wildman–Crippen MR) is 42.4 cm³/mol. The molecule has 0 saturated carbocycles. The van der Waals surface area contributed by atoms with Crippen molar-refractivity contribution in [2.24, 2.45) is 0 Å². The van der Waals surface area contributed by atoms with E-state index in [0.717, 1.165) is 5.82 Å². The number of allylic oxidation sites excluding steroid dienone is 3. The van der Waals surface area contributed by atoms with Gasteiger partial charge in [-0.1, -0.05) is 18.2 Å². The van der Waals surface area contributed by atoms with Gasteiger partial charge in [0.2, 0.25) is 0 Å². The van der Waals surface area contributed by atoms with E-state index in [1.807, 2.05) is 31.2 Å². The summed E-state index contributed by atoms with van der Waals surface area (Å²) in [7, 11) is 0. The van der Waals surface area contributed by atoms with Gasteiger partial charge in [0, 0.05) is 12.4 Å². The van der Waals surface area contributed by atoms with Crippen LogP contribution in [0.4, 0.5) is 0 Å². The third-order valence-corrected chi connectivity index (χ3v) is 1.08. The number of hydrogen-bond donors (Lipinski definition) is 1. The lowest BCUT2D eigenvalue weighted by Crippen LogP contribution is -1.70. The summed E-state index contributed by atoms with van der Waals surface area (Å²) in [5.41, 5.74) is 0. The van der Waals surface area contributed by atoms with Crippen LogP contribution in [0.2, 0.25) is 0 Å². The lowest BCUT2D eigenvalue weighted by atomic mass is 10.4. The molecule has 52 valence electrons. The fourth-order valence-corrected chi connectivity index (χ4v) is 0.626. The Morgan fingerprint density at radius 3 is 3.00 bits per heavy atom. The van der Waals surface area contributed by atoms with E-state index in [2.05, 4.69) is 9.97 Å². The molecular weight excluding hydrogens is 124 g/mol. The van der Waals surface area contributed by atoms with Crippen molar-refractivity contribution in [2.45, 2.75) is 6.92 Å². The minimum Gasteiger partial charge on any atom is -0.345 e. The third-order valence-electron chi connectivity index (χ3n) is 1.08. The molecule has 1 aromatic rings. The van der Waals surface area contributed by atoms with Gasteiger partial charge in [-0.3, -0.25) is 0 Å². The summed E-state index contributed by atoms with van der Waals surface area (Å²) >= 11 is 0. The van der Waals surface area contributed by atoms with Crippen molar-refractivity contribution in [3.05, 3.63) is 36.4 Å². The first-order chi connectivity index (χ1) is 4.93. The maximum atomic E-state index is 4.01. The molecule has 0 saturated heterocycles. The molecule has 0 spiro atoms. The van der Waals surface area contributed by atoms with Crippen LogP contribution in [0.3, 0.4) is 0 Å². The van der Waals surface area contributed by atoms with Gasteiger partial charge in [0.25, 0.3) is 0 Å². The zero-order valence-electron chi connectivity index (χ0n) is 5.91. The molecule has 1 rings (SSSR count). The number of aromatic nitrogens is 2. The van der Waals surface area contributed by atoms with Crippen molar-refractivity contribution < 1.29 is 0 Å². The van der Waals surface area contributed by atoms with Gasteiger partial charge in [-0.05, 0) is 13.0 Å². The smallest absolute Gasteiger partial charge is 0.129 e. The van der Waals surface area contributed by atoms with Crippen LogP contribution in [-0.2, 0) is 0 Å². The number of imidazole rings is 1. The summed E-state index contributed by atoms with van der Waals surface area (Å²) in [5, 5.41) is 0. The first kappa shape index (κ1) is 6.81. The Balaban J connectivity index is 2.55. The van der Waals surface area contributed by atoms with E-state index in [9.17, 15) is 0 Å². The van der Waals surface area contributed by atoms with Gasteiger partial charge in [0.05, 0.1) is 0 Å². The van der Waals surface area contributed by atoms with Crippen LogP contribution in [0.1, 0.15) is 12.7 Å². The van der Waals surface area contributed by atoms with Crippen molar-refractivity contribution >= 4 is 6.08 Å². The number of nitrogens with one attached hydrogen (secondary N) is 1. The Bertz CT molecular complexity index is 219. The van der Waals surface area contributed by atoms with Gasteiger partial charge < -0.3 is 4.98 Å². The SMILES string of the molecule is C/C=C\C=C/c1ncc[nH]1. The molecule has 1 N–H and O–H groups in total. The number of aromatic amines is 1. The highest BCUT2D eigenvalue weighted by Gasteiger charge is 1.81. The molecule has 0 aromatic carbocycles. The van der Waals surface area contributed by atoms with Gasteiger partial charge in [-0.15, -0.1) is 0 Å². The number of H-pyrrole nitrogens is 1. The van der Waals surface area contributed by atoms with Crippen LogP contribution in [0.5, 0.6) is 0 Å². The lowest BCUT2D eigenvalue weighted by molar-refractivity contribution is 1.26. The topological polar surface area (TPSA) is 28.7 Å². The first-order valence-electron chi connectivity index (χ1n) is 3.22. The van der Waals surface area contributed by atoms with E-state index in [4.69, 9.17) is 0 Å². The second-order valence-corrected chi connectivity index (χ2v) is 1.86. The molecule has 0 aliphatic heterocycles. The molecule has 0 unspecified atom stereocenters. The Morgan fingerprint density at radius 2 is 2.40 bits per heavy atom. The van der Waals surface area contributed by atoms with Gasteiger partial charge in [-0.25, -0.2) is 4.98 Å². The van der Waals surface area contributed by atoms with Gasteiger partial charge in [0.1, 0.15) is 5.82 Å². The summed E-state index contributed by atoms with van der Waals surface area (Å²) in [5.74, 6) is 0.887. The molecule has 0 aliphatic rings. The summed E-state index contributed by atoms with van der Waals surface area (Å²) in [6, 6.07) is 0. The highest BCUT2D eigenvalue weighted by Crippen LogP contribution is 1.91. The second-order valence-electron chi connectivity index (χ2n) is 1.86.